The predicted octanol–water partition coefficient (Wildman–Crippen LogP) is 6.59. The smallest absolute Gasteiger partial charge is 0.338 e. The van der Waals surface area contributed by atoms with Crippen molar-refractivity contribution >= 4 is 62.5 Å². The quantitative estimate of drug-likeness (QED) is 0.208. The highest BCUT2D eigenvalue weighted by Gasteiger charge is 2.34. The maximum atomic E-state index is 14.0. The lowest BCUT2D eigenvalue weighted by Gasteiger charge is -2.25. The number of ether oxygens (including phenoxy) is 2. The van der Waals surface area contributed by atoms with Crippen molar-refractivity contribution in [3.63, 3.8) is 0 Å². The third-order valence-electron chi connectivity index (χ3n) is 6.34. The Morgan fingerprint density at radius 3 is 2.61 bits per heavy atom. The van der Waals surface area contributed by atoms with Crippen molar-refractivity contribution in [1.82, 2.24) is 4.57 Å². The molecule has 3 aromatic carbocycles. The number of thiazole rings is 1. The van der Waals surface area contributed by atoms with Gasteiger partial charge in [0.15, 0.2) is 4.80 Å². The molecule has 41 heavy (non-hydrogen) atoms. The minimum absolute atomic E-state index is 0.164. The molecule has 1 atom stereocenters. The first-order valence-corrected chi connectivity index (χ1v) is 14.8. The Morgan fingerprint density at radius 1 is 1.17 bits per heavy atom. The van der Waals surface area contributed by atoms with Crippen molar-refractivity contribution < 1.29 is 18.7 Å². The summed E-state index contributed by atoms with van der Waals surface area (Å²) in [5, 5.41) is 0.832. The number of rotatable bonds is 7. The predicted molar refractivity (Wildman–Crippen MR) is 162 cm³/mol. The van der Waals surface area contributed by atoms with E-state index in [0.29, 0.717) is 46.4 Å². The summed E-state index contributed by atoms with van der Waals surface area (Å²) in [7, 11) is 0. The van der Waals surface area contributed by atoms with Gasteiger partial charge in [0, 0.05) is 15.6 Å². The topological polar surface area (TPSA) is 69.9 Å². The van der Waals surface area contributed by atoms with Gasteiger partial charge in [-0.15, -0.1) is 0 Å². The number of fused-ring (bicyclic) bond motifs is 1. The molecule has 1 aliphatic rings. The van der Waals surface area contributed by atoms with Gasteiger partial charge >= 0.3 is 5.97 Å². The fourth-order valence-electron chi connectivity index (χ4n) is 4.50. The number of hydrogen-bond donors (Lipinski definition) is 0. The molecular formula is C30H22BrCl2FN2O4S. The second-order valence-electron chi connectivity index (χ2n) is 9.04. The fraction of sp³-hybridized carbons (Fsp3) is 0.167. The van der Waals surface area contributed by atoms with Gasteiger partial charge in [-0.2, -0.15) is 0 Å². The fourth-order valence-corrected chi connectivity index (χ4v) is 6.72. The maximum Gasteiger partial charge on any atom is 0.338 e. The number of halogens is 4. The Hall–Kier alpha value is -3.24. The van der Waals surface area contributed by atoms with E-state index in [1.165, 1.54) is 28.0 Å². The number of benzene rings is 3. The molecule has 0 bridgehead atoms. The van der Waals surface area contributed by atoms with Crippen molar-refractivity contribution in [3.8, 4) is 5.75 Å². The number of allylic oxidation sites excluding steroid dienone is 1. The third kappa shape index (κ3) is 6.04. The van der Waals surface area contributed by atoms with E-state index in [2.05, 4.69) is 20.9 Å². The molecule has 0 radical (unpaired) electrons. The van der Waals surface area contributed by atoms with Crippen molar-refractivity contribution in [2.45, 2.75) is 26.5 Å². The van der Waals surface area contributed by atoms with Crippen LogP contribution < -0.4 is 19.6 Å². The number of carbonyl (C=O) groups excluding carboxylic acids is 1. The summed E-state index contributed by atoms with van der Waals surface area (Å²) in [5.41, 5.74) is 2.21. The van der Waals surface area contributed by atoms with Gasteiger partial charge in [-0.05, 0) is 77.3 Å². The van der Waals surface area contributed by atoms with Crippen LogP contribution in [0.1, 0.15) is 36.6 Å². The lowest BCUT2D eigenvalue weighted by Crippen LogP contribution is -2.40. The molecule has 0 spiro atoms. The molecule has 1 aromatic heterocycles. The molecule has 4 aromatic rings. The Morgan fingerprint density at radius 2 is 1.90 bits per heavy atom. The van der Waals surface area contributed by atoms with Gasteiger partial charge in [0.1, 0.15) is 24.2 Å². The van der Waals surface area contributed by atoms with E-state index in [1.807, 2.05) is 0 Å². The molecular weight excluding hydrogens is 654 g/mol. The number of aromatic nitrogens is 1. The highest BCUT2D eigenvalue weighted by molar-refractivity contribution is 9.10. The Kier molecular flexibility index (Phi) is 8.79. The molecule has 0 aliphatic carbocycles. The molecule has 210 valence electrons. The molecule has 0 amide bonds. The SMILES string of the molecule is CCOC(=O)C1=C(C)N=c2s/c(=C\c3cc(Cl)cc(Br)c3OCc3ccc(F)cc3)c(=O)n2[C@@H]1c1ccccc1Cl. The Bertz CT molecular complexity index is 1870. The van der Waals surface area contributed by atoms with E-state index in [9.17, 15) is 14.0 Å². The molecule has 0 N–H and O–H groups in total. The van der Waals surface area contributed by atoms with E-state index in [0.717, 1.165) is 5.56 Å². The molecule has 11 heteroatoms. The molecule has 6 nitrogen and oxygen atoms in total. The van der Waals surface area contributed by atoms with Crippen LogP contribution in [0, 0.1) is 5.82 Å². The van der Waals surface area contributed by atoms with Gasteiger partial charge in [-0.3, -0.25) is 9.36 Å². The second-order valence-corrected chi connectivity index (χ2v) is 11.8. The van der Waals surface area contributed by atoms with Crippen molar-refractivity contribution in [1.29, 1.82) is 0 Å². The first kappa shape index (κ1) is 29.3. The summed E-state index contributed by atoms with van der Waals surface area (Å²) in [6, 6.07) is 15.6. The minimum atomic E-state index is -0.832. The molecule has 0 fully saturated rings. The average molecular weight is 676 g/mol. The zero-order valence-corrected chi connectivity index (χ0v) is 25.7. The molecule has 0 saturated heterocycles. The molecule has 0 unspecified atom stereocenters. The first-order chi connectivity index (χ1) is 19.7. The lowest BCUT2D eigenvalue weighted by molar-refractivity contribution is -0.139. The first-order valence-electron chi connectivity index (χ1n) is 12.5. The number of esters is 1. The van der Waals surface area contributed by atoms with Crippen LogP contribution in [-0.4, -0.2) is 17.1 Å². The van der Waals surface area contributed by atoms with Crippen molar-refractivity contribution in [2.75, 3.05) is 6.61 Å². The van der Waals surface area contributed by atoms with Crippen LogP contribution >= 0.6 is 50.5 Å². The van der Waals surface area contributed by atoms with E-state index in [-0.39, 0.29) is 30.2 Å². The molecule has 2 heterocycles. The van der Waals surface area contributed by atoms with Crippen LogP contribution in [-0.2, 0) is 16.1 Å². The molecule has 0 saturated carbocycles. The highest BCUT2D eigenvalue weighted by atomic mass is 79.9. The molecule has 1 aliphatic heterocycles. The standard InChI is InChI=1S/C30H22BrCl2FN2O4S/c1-3-39-29(38)25-16(2)35-30-36(26(25)21-6-4-5-7-23(21)33)28(37)24(41-30)13-18-12-19(32)14-22(31)27(18)40-15-17-8-10-20(34)11-9-17/h4-14,26H,3,15H2,1-2H3/b24-13-/t26-/m1/s1. The van der Waals surface area contributed by atoms with Gasteiger partial charge in [0.2, 0.25) is 0 Å². The van der Waals surface area contributed by atoms with Crippen LogP contribution in [0.5, 0.6) is 5.75 Å². The maximum absolute atomic E-state index is 14.0. The van der Waals surface area contributed by atoms with Gasteiger partial charge in [-0.1, -0.05) is 64.9 Å². The minimum Gasteiger partial charge on any atom is -0.487 e. The van der Waals surface area contributed by atoms with Crippen molar-refractivity contribution in [2.24, 2.45) is 4.99 Å². The van der Waals surface area contributed by atoms with E-state index in [4.69, 9.17) is 32.7 Å². The van der Waals surface area contributed by atoms with Crippen molar-refractivity contribution in [3.05, 3.63) is 129 Å². The summed E-state index contributed by atoms with van der Waals surface area (Å²) in [5.74, 6) is -0.451. The largest absolute Gasteiger partial charge is 0.487 e. The monoisotopic (exact) mass is 674 g/mol. The second kappa shape index (κ2) is 12.3. The summed E-state index contributed by atoms with van der Waals surface area (Å²) < 4.78 is 27.2. The van der Waals surface area contributed by atoms with Gasteiger partial charge in [0.05, 0.1) is 26.9 Å². The van der Waals surface area contributed by atoms with Gasteiger partial charge < -0.3 is 9.47 Å². The summed E-state index contributed by atoms with van der Waals surface area (Å²) in [6.45, 7) is 3.76. The van der Waals surface area contributed by atoms with Gasteiger partial charge in [0.25, 0.3) is 5.56 Å². The van der Waals surface area contributed by atoms with E-state index in [1.54, 1.807) is 68.5 Å². The highest BCUT2D eigenvalue weighted by Crippen LogP contribution is 2.36. The zero-order valence-electron chi connectivity index (χ0n) is 21.8. The summed E-state index contributed by atoms with van der Waals surface area (Å²) in [4.78, 5) is 32.1. The van der Waals surface area contributed by atoms with E-state index < -0.39 is 12.0 Å². The lowest BCUT2D eigenvalue weighted by atomic mass is 9.96. The Balaban J connectivity index is 1.65. The zero-order chi connectivity index (χ0) is 29.3. The summed E-state index contributed by atoms with van der Waals surface area (Å²) >= 11 is 17.6. The third-order valence-corrected chi connectivity index (χ3v) is 8.47. The van der Waals surface area contributed by atoms with Crippen LogP contribution in [0.2, 0.25) is 10.0 Å². The molecule has 5 rings (SSSR count). The number of carbonyl (C=O) groups is 1. The average Bonchev–Trinajstić information content (AvgIpc) is 3.23. The Labute approximate surface area is 257 Å². The van der Waals surface area contributed by atoms with Crippen LogP contribution in [0.3, 0.4) is 0 Å². The van der Waals surface area contributed by atoms with Crippen LogP contribution in [0.15, 0.2) is 86.2 Å². The number of hydrogen-bond acceptors (Lipinski definition) is 6. The van der Waals surface area contributed by atoms with Gasteiger partial charge in [-0.25, -0.2) is 14.2 Å². The van der Waals surface area contributed by atoms with E-state index >= 15 is 0 Å². The number of nitrogens with zero attached hydrogens (tertiary/aromatic N) is 2. The normalized spacial score (nSPS) is 15.0. The van der Waals surface area contributed by atoms with Crippen LogP contribution in [0.4, 0.5) is 4.39 Å². The summed E-state index contributed by atoms with van der Waals surface area (Å²) in [6.07, 6.45) is 1.67. The van der Waals surface area contributed by atoms with Crippen LogP contribution in [0.25, 0.3) is 6.08 Å².